The molecular formula is C7H10O2. The molecule has 1 heterocycles. The molecule has 50 valence electrons. The van der Waals surface area contributed by atoms with Gasteiger partial charge >= 0.3 is 0 Å². The Balaban J connectivity index is 2.60. The third-order valence-electron chi connectivity index (χ3n) is 1.15. The van der Waals surface area contributed by atoms with Gasteiger partial charge in [0.15, 0.2) is 11.5 Å². The zero-order chi connectivity index (χ0) is 6.69. The molecule has 0 amide bonds. The minimum Gasteiger partial charge on any atom is -0.487 e. The normalized spacial score (nSPS) is 23.2. The van der Waals surface area contributed by atoms with Crippen molar-refractivity contribution >= 4 is 0 Å². The number of rotatable bonds is 0. The lowest BCUT2D eigenvalue weighted by molar-refractivity contribution is 0.0602. The fraction of sp³-hybridized carbons (Fsp3) is 0.429. The molecule has 0 aromatic rings. The van der Waals surface area contributed by atoms with E-state index < -0.39 is 0 Å². The van der Waals surface area contributed by atoms with Gasteiger partial charge in [0.2, 0.25) is 0 Å². The molecule has 0 bridgehead atoms. The van der Waals surface area contributed by atoms with E-state index in [0.717, 1.165) is 5.76 Å². The monoisotopic (exact) mass is 126 g/mol. The molecule has 0 saturated carbocycles. The molecule has 9 heavy (non-hydrogen) atoms. The van der Waals surface area contributed by atoms with Gasteiger partial charge in [-0.25, -0.2) is 0 Å². The van der Waals surface area contributed by atoms with Gasteiger partial charge < -0.3 is 9.47 Å². The quantitative estimate of drug-likeness (QED) is 0.489. The van der Waals surface area contributed by atoms with Gasteiger partial charge in [0.05, 0.1) is 0 Å². The molecule has 0 aromatic heterocycles. The molecule has 0 atom stereocenters. The predicted molar refractivity (Wildman–Crippen MR) is 34.8 cm³/mol. The summed E-state index contributed by atoms with van der Waals surface area (Å²) in [6, 6.07) is 0. The van der Waals surface area contributed by atoms with E-state index in [-0.39, 0.29) is 0 Å². The summed E-state index contributed by atoms with van der Waals surface area (Å²) in [4.78, 5) is 0. The molecule has 1 saturated heterocycles. The van der Waals surface area contributed by atoms with Crippen LogP contribution in [0, 0.1) is 0 Å². The first kappa shape index (κ1) is 6.20. The van der Waals surface area contributed by atoms with Crippen LogP contribution in [0.2, 0.25) is 0 Å². The number of allylic oxidation sites excluding steroid dienone is 1. The second-order valence-electron chi connectivity index (χ2n) is 1.77. The Labute approximate surface area is 54.8 Å². The second-order valence-corrected chi connectivity index (χ2v) is 1.77. The zero-order valence-electron chi connectivity index (χ0n) is 5.52. The molecule has 1 aliphatic heterocycles. The molecular weight excluding hydrogens is 116 g/mol. The largest absolute Gasteiger partial charge is 0.487 e. The molecule has 2 nitrogen and oxygen atoms in total. The molecule has 0 unspecified atom stereocenters. The summed E-state index contributed by atoms with van der Waals surface area (Å²) in [6.07, 6.45) is 1.85. The third-order valence-corrected chi connectivity index (χ3v) is 1.15. The van der Waals surface area contributed by atoms with E-state index in [4.69, 9.17) is 9.47 Å². The fourth-order valence-corrected chi connectivity index (χ4v) is 0.712. The van der Waals surface area contributed by atoms with Crippen LogP contribution in [-0.4, -0.2) is 13.2 Å². The van der Waals surface area contributed by atoms with Crippen molar-refractivity contribution < 1.29 is 9.47 Å². The average molecular weight is 126 g/mol. The summed E-state index contributed by atoms with van der Waals surface area (Å²) in [5.41, 5.74) is 0. The summed E-state index contributed by atoms with van der Waals surface area (Å²) in [7, 11) is 0. The van der Waals surface area contributed by atoms with Crippen LogP contribution < -0.4 is 0 Å². The Hall–Kier alpha value is -0.920. The number of ether oxygens (including phenoxy) is 2. The van der Waals surface area contributed by atoms with E-state index >= 15 is 0 Å². The van der Waals surface area contributed by atoms with Crippen molar-refractivity contribution in [3.05, 3.63) is 24.2 Å². The third kappa shape index (κ3) is 1.25. The Morgan fingerprint density at radius 1 is 1.44 bits per heavy atom. The molecule has 0 N–H and O–H groups in total. The summed E-state index contributed by atoms with van der Waals surface area (Å²) in [6.45, 7) is 6.81. The van der Waals surface area contributed by atoms with Crippen molar-refractivity contribution in [3.63, 3.8) is 0 Å². The lowest BCUT2D eigenvalue weighted by Crippen LogP contribution is -2.12. The average Bonchev–Trinajstić information content (AvgIpc) is 1.89. The van der Waals surface area contributed by atoms with Crippen molar-refractivity contribution in [3.8, 4) is 0 Å². The van der Waals surface area contributed by atoms with E-state index in [2.05, 4.69) is 6.58 Å². The first-order valence-corrected chi connectivity index (χ1v) is 2.96. The van der Waals surface area contributed by atoms with Crippen LogP contribution in [0.4, 0.5) is 0 Å². The van der Waals surface area contributed by atoms with Crippen molar-refractivity contribution in [2.45, 2.75) is 6.92 Å². The van der Waals surface area contributed by atoms with Crippen molar-refractivity contribution in [2.24, 2.45) is 0 Å². The number of hydrogen-bond donors (Lipinski definition) is 0. The molecule has 1 aliphatic rings. The van der Waals surface area contributed by atoms with Gasteiger partial charge in [-0.3, -0.25) is 0 Å². The standard InChI is InChI=1S/C7H10O2/c1-3-7-6(2)8-4-5-9-7/h3H,2,4-5H2,1H3/b7-3+. The van der Waals surface area contributed by atoms with E-state index in [1.165, 1.54) is 0 Å². The van der Waals surface area contributed by atoms with E-state index in [1.54, 1.807) is 0 Å². The van der Waals surface area contributed by atoms with Crippen LogP contribution in [0.3, 0.4) is 0 Å². The SMILES string of the molecule is C=C1OCCO/C1=C/C. The number of hydrogen-bond acceptors (Lipinski definition) is 2. The fourth-order valence-electron chi connectivity index (χ4n) is 0.712. The van der Waals surface area contributed by atoms with Crippen LogP contribution in [0.25, 0.3) is 0 Å². The molecule has 1 fully saturated rings. The Kier molecular flexibility index (Phi) is 1.78. The topological polar surface area (TPSA) is 18.5 Å². The maximum absolute atomic E-state index is 5.18. The van der Waals surface area contributed by atoms with Gasteiger partial charge in [-0.15, -0.1) is 0 Å². The van der Waals surface area contributed by atoms with Gasteiger partial charge in [-0.2, -0.15) is 0 Å². The van der Waals surface area contributed by atoms with Gasteiger partial charge in [-0.05, 0) is 13.0 Å². The molecule has 0 aromatic carbocycles. The second kappa shape index (κ2) is 2.58. The van der Waals surface area contributed by atoms with Crippen molar-refractivity contribution in [1.29, 1.82) is 0 Å². The molecule has 0 radical (unpaired) electrons. The van der Waals surface area contributed by atoms with Crippen LogP contribution in [0.5, 0.6) is 0 Å². The molecule has 1 rings (SSSR count). The summed E-state index contributed by atoms with van der Waals surface area (Å²) >= 11 is 0. The van der Waals surface area contributed by atoms with Crippen LogP contribution in [-0.2, 0) is 9.47 Å². The summed E-state index contributed by atoms with van der Waals surface area (Å²) in [5.74, 6) is 1.41. The molecule has 2 heteroatoms. The van der Waals surface area contributed by atoms with Crippen LogP contribution in [0.1, 0.15) is 6.92 Å². The van der Waals surface area contributed by atoms with E-state index in [0.29, 0.717) is 19.0 Å². The van der Waals surface area contributed by atoms with Gasteiger partial charge in [0.25, 0.3) is 0 Å². The highest BCUT2D eigenvalue weighted by atomic mass is 16.6. The first-order valence-electron chi connectivity index (χ1n) is 2.96. The van der Waals surface area contributed by atoms with Gasteiger partial charge in [-0.1, -0.05) is 6.58 Å². The molecule has 0 aliphatic carbocycles. The Morgan fingerprint density at radius 3 is 2.56 bits per heavy atom. The van der Waals surface area contributed by atoms with Crippen LogP contribution in [0.15, 0.2) is 24.2 Å². The van der Waals surface area contributed by atoms with Gasteiger partial charge in [0.1, 0.15) is 13.2 Å². The maximum Gasteiger partial charge on any atom is 0.156 e. The zero-order valence-corrected chi connectivity index (χ0v) is 5.52. The highest BCUT2D eigenvalue weighted by Crippen LogP contribution is 2.14. The highest BCUT2D eigenvalue weighted by Gasteiger charge is 2.08. The molecule has 0 spiro atoms. The summed E-state index contributed by atoms with van der Waals surface area (Å²) in [5, 5.41) is 0. The summed E-state index contributed by atoms with van der Waals surface area (Å²) < 4.78 is 10.3. The van der Waals surface area contributed by atoms with E-state index in [9.17, 15) is 0 Å². The van der Waals surface area contributed by atoms with Crippen molar-refractivity contribution in [1.82, 2.24) is 0 Å². The van der Waals surface area contributed by atoms with Crippen LogP contribution >= 0.6 is 0 Å². The lowest BCUT2D eigenvalue weighted by atomic mass is 10.4. The smallest absolute Gasteiger partial charge is 0.156 e. The Morgan fingerprint density at radius 2 is 2.11 bits per heavy atom. The minimum absolute atomic E-state index is 0.621. The van der Waals surface area contributed by atoms with Crippen molar-refractivity contribution in [2.75, 3.05) is 13.2 Å². The lowest BCUT2D eigenvalue weighted by Gasteiger charge is -2.18. The first-order chi connectivity index (χ1) is 4.34. The van der Waals surface area contributed by atoms with E-state index in [1.807, 2.05) is 13.0 Å². The maximum atomic E-state index is 5.18. The highest BCUT2D eigenvalue weighted by molar-refractivity contribution is 5.16. The van der Waals surface area contributed by atoms with Gasteiger partial charge in [0, 0.05) is 0 Å². The predicted octanol–water partition coefficient (Wildman–Crippen LogP) is 1.45. The minimum atomic E-state index is 0.621. The Bertz CT molecular complexity index is 147.